The van der Waals surface area contributed by atoms with Gasteiger partial charge in [0.1, 0.15) is 5.82 Å². The Kier molecular flexibility index (Phi) is 5.41. The van der Waals surface area contributed by atoms with Crippen molar-refractivity contribution < 1.29 is 4.39 Å². The highest BCUT2D eigenvalue weighted by molar-refractivity contribution is 5.17. The van der Waals surface area contributed by atoms with Gasteiger partial charge in [-0.05, 0) is 43.6 Å². The van der Waals surface area contributed by atoms with Crippen LogP contribution in [0.25, 0.3) is 0 Å². The van der Waals surface area contributed by atoms with Crippen molar-refractivity contribution in [1.82, 2.24) is 20.0 Å². The second-order valence-corrected chi connectivity index (χ2v) is 6.29. The molecule has 124 valence electrons. The van der Waals surface area contributed by atoms with E-state index in [4.69, 9.17) is 0 Å². The highest BCUT2D eigenvalue weighted by Gasteiger charge is 2.22. The predicted molar refractivity (Wildman–Crippen MR) is 89.7 cm³/mol. The van der Waals surface area contributed by atoms with Crippen LogP contribution in [-0.2, 0) is 13.1 Å². The summed E-state index contributed by atoms with van der Waals surface area (Å²) in [5.74, 6) is -0.199. The average molecular weight is 316 g/mol. The summed E-state index contributed by atoms with van der Waals surface area (Å²) in [5, 5.41) is 7.90. The topological polar surface area (TPSA) is 33.1 Å². The van der Waals surface area contributed by atoms with E-state index in [1.807, 2.05) is 23.0 Å². The zero-order valence-corrected chi connectivity index (χ0v) is 13.7. The number of nitrogens with one attached hydrogen (secondary N) is 1. The lowest BCUT2D eigenvalue weighted by atomic mass is 10.2. The van der Waals surface area contributed by atoms with Gasteiger partial charge in [-0.1, -0.05) is 19.1 Å². The molecular weight excluding hydrogens is 291 g/mol. The van der Waals surface area contributed by atoms with Crippen LogP contribution in [0.15, 0.2) is 36.7 Å². The molecule has 1 aromatic carbocycles. The molecule has 1 aromatic heterocycles. The van der Waals surface area contributed by atoms with Crippen LogP contribution < -0.4 is 5.32 Å². The quantitative estimate of drug-likeness (QED) is 0.852. The fourth-order valence-corrected chi connectivity index (χ4v) is 3.21. The number of hydrogen-bond donors (Lipinski definition) is 1. The van der Waals surface area contributed by atoms with Gasteiger partial charge in [-0.2, -0.15) is 5.10 Å². The van der Waals surface area contributed by atoms with E-state index in [-0.39, 0.29) is 5.82 Å². The second kappa shape index (κ2) is 7.70. The third-order valence-corrected chi connectivity index (χ3v) is 4.39. The molecule has 1 aliphatic heterocycles. The molecule has 1 saturated heterocycles. The van der Waals surface area contributed by atoms with Crippen molar-refractivity contribution in [2.24, 2.45) is 0 Å². The standard InChI is InChI=1S/C18H25FN4/c1-2-9-22(18-7-8-20-11-18)12-16-10-21-23(14-16)13-15-3-5-17(19)6-4-15/h3-6,10,14,18,20H,2,7-9,11-13H2,1H3. The Labute approximate surface area is 137 Å². The number of rotatable bonds is 7. The normalized spacial score (nSPS) is 18.0. The molecule has 3 rings (SSSR count). The number of nitrogens with zero attached hydrogens (tertiary/aromatic N) is 3. The Hall–Kier alpha value is -1.72. The molecule has 0 bridgehead atoms. The Morgan fingerprint density at radius 2 is 2.13 bits per heavy atom. The van der Waals surface area contributed by atoms with Gasteiger partial charge in [-0.3, -0.25) is 9.58 Å². The third-order valence-electron chi connectivity index (χ3n) is 4.39. The van der Waals surface area contributed by atoms with Crippen LogP contribution in [-0.4, -0.2) is 40.4 Å². The summed E-state index contributed by atoms with van der Waals surface area (Å²) in [7, 11) is 0. The van der Waals surface area contributed by atoms with E-state index in [9.17, 15) is 4.39 Å². The lowest BCUT2D eigenvalue weighted by Gasteiger charge is -2.27. The highest BCUT2D eigenvalue weighted by Crippen LogP contribution is 2.14. The van der Waals surface area contributed by atoms with Crippen LogP contribution >= 0.6 is 0 Å². The molecule has 5 heteroatoms. The van der Waals surface area contributed by atoms with Crippen molar-refractivity contribution in [1.29, 1.82) is 0 Å². The minimum atomic E-state index is -0.199. The first-order chi connectivity index (χ1) is 11.2. The summed E-state index contributed by atoms with van der Waals surface area (Å²) < 4.78 is 14.9. The molecule has 0 amide bonds. The maximum Gasteiger partial charge on any atom is 0.123 e. The zero-order chi connectivity index (χ0) is 16.1. The van der Waals surface area contributed by atoms with Gasteiger partial charge in [0.15, 0.2) is 0 Å². The molecule has 1 aliphatic rings. The Morgan fingerprint density at radius 3 is 2.83 bits per heavy atom. The summed E-state index contributed by atoms with van der Waals surface area (Å²) in [6, 6.07) is 7.25. The number of aromatic nitrogens is 2. The zero-order valence-electron chi connectivity index (χ0n) is 13.7. The second-order valence-electron chi connectivity index (χ2n) is 6.29. The molecule has 2 aromatic rings. The van der Waals surface area contributed by atoms with E-state index in [1.54, 1.807) is 0 Å². The summed E-state index contributed by atoms with van der Waals surface area (Å²) in [6.45, 7) is 7.18. The van der Waals surface area contributed by atoms with Gasteiger partial charge in [0, 0.05) is 30.9 Å². The van der Waals surface area contributed by atoms with Crippen LogP contribution in [0.2, 0.25) is 0 Å². The fraction of sp³-hybridized carbons (Fsp3) is 0.500. The lowest BCUT2D eigenvalue weighted by molar-refractivity contribution is 0.199. The molecule has 1 atom stereocenters. The number of benzene rings is 1. The molecule has 1 N–H and O–H groups in total. The molecular formula is C18H25FN4. The van der Waals surface area contributed by atoms with Crippen molar-refractivity contribution in [3.63, 3.8) is 0 Å². The molecule has 2 heterocycles. The molecule has 1 unspecified atom stereocenters. The number of halogens is 1. The van der Waals surface area contributed by atoms with Crippen molar-refractivity contribution in [2.75, 3.05) is 19.6 Å². The first kappa shape index (κ1) is 16.1. The van der Waals surface area contributed by atoms with E-state index in [1.165, 1.54) is 30.5 Å². The summed E-state index contributed by atoms with van der Waals surface area (Å²) >= 11 is 0. The first-order valence-corrected chi connectivity index (χ1v) is 8.45. The first-order valence-electron chi connectivity index (χ1n) is 8.45. The molecule has 0 saturated carbocycles. The van der Waals surface area contributed by atoms with Gasteiger partial charge in [0.2, 0.25) is 0 Å². The highest BCUT2D eigenvalue weighted by atomic mass is 19.1. The third kappa shape index (κ3) is 4.39. The SMILES string of the molecule is CCCN(Cc1cnn(Cc2ccc(F)cc2)c1)C1CCNC1. The van der Waals surface area contributed by atoms with E-state index in [0.717, 1.165) is 31.7 Å². The van der Waals surface area contributed by atoms with Gasteiger partial charge in [0.05, 0.1) is 12.7 Å². The fourth-order valence-electron chi connectivity index (χ4n) is 3.21. The van der Waals surface area contributed by atoms with Crippen LogP contribution in [0.1, 0.15) is 30.9 Å². The smallest absolute Gasteiger partial charge is 0.123 e. The lowest BCUT2D eigenvalue weighted by Crippen LogP contribution is -2.36. The van der Waals surface area contributed by atoms with Crippen LogP contribution in [0, 0.1) is 5.82 Å². The van der Waals surface area contributed by atoms with Crippen molar-refractivity contribution in [2.45, 2.75) is 38.9 Å². The Balaban J connectivity index is 1.62. The molecule has 0 spiro atoms. The molecule has 0 aliphatic carbocycles. The van der Waals surface area contributed by atoms with E-state index < -0.39 is 0 Å². The Bertz CT molecular complexity index is 602. The van der Waals surface area contributed by atoms with E-state index >= 15 is 0 Å². The summed E-state index contributed by atoms with van der Waals surface area (Å²) in [6.07, 6.45) is 6.45. The van der Waals surface area contributed by atoms with Gasteiger partial charge in [-0.25, -0.2) is 4.39 Å². The minimum Gasteiger partial charge on any atom is -0.315 e. The van der Waals surface area contributed by atoms with Crippen molar-refractivity contribution >= 4 is 0 Å². The maximum atomic E-state index is 13.0. The summed E-state index contributed by atoms with van der Waals surface area (Å²) in [4.78, 5) is 2.55. The molecule has 23 heavy (non-hydrogen) atoms. The van der Waals surface area contributed by atoms with Gasteiger partial charge in [0.25, 0.3) is 0 Å². The van der Waals surface area contributed by atoms with Gasteiger partial charge in [-0.15, -0.1) is 0 Å². The van der Waals surface area contributed by atoms with Crippen molar-refractivity contribution in [3.8, 4) is 0 Å². The summed E-state index contributed by atoms with van der Waals surface area (Å²) in [5.41, 5.74) is 2.30. The monoisotopic (exact) mass is 316 g/mol. The number of hydrogen-bond acceptors (Lipinski definition) is 3. The molecule has 4 nitrogen and oxygen atoms in total. The van der Waals surface area contributed by atoms with E-state index in [0.29, 0.717) is 12.6 Å². The van der Waals surface area contributed by atoms with Crippen molar-refractivity contribution in [3.05, 3.63) is 53.6 Å². The predicted octanol–water partition coefficient (Wildman–Crippen LogP) is 2.64. The van der Waals surface area contributed by atoms with E-state index in [2.05, 4.69) is 28.4 Å². The van der Waals surface area contributed by atoms with Crippen LogP contribution in [0.4, 0.5) is 4.39 Å². The largest absolute Gasteiger partial charge is 0.315 e. The van der Waals surface area contributed by atoms with Gasteiger partial charge < -0.3 is 5.32 Å². The minimum absolute atomic E-state index is 0.199. The molecule has 0 radical (unpaired) electrons. The Morgan fingerprint density at radius 1 is 1.30 bits per heavy atom. The van der Waals surface area contributed by atoms with Crippen LogP contribution in [0.5, 0.6) is 0 Å². The average Bonchev–Trinajstić information content (AvgIpc) is 3.21. The van der Waals surface area contributed by atoms with Crippen LogP contribution in [0.3, 0.4) is 0 Å². The van der Waals surface area contributed by atoms with Gasteiger partial charge >= 0.3 is 0 Å². The molecule has 1 fully saturated rings. The maximum absolute atomic E-state index is 13.0.